The number of nitriles is 1. The van der Waals surface area contributed by atoms with Crippen molar-refractivity contribution in [2.45, 2.75) is 13.0 Å². The molecule has 2 aromatic carbocycles. The Morgan fingerprint density at radius 1 is 1.20 bits per heavy atom. The Morgan fingerprint density at radius 3 is 2.90 bits per heavy atom. The van der Waals surface area contributed by atoms with Gasteiger partial charge >= 0.3 is 0 Å². The average Bonchev–Trinajstić information content (AvgIpc) is 2.97. The number of hydrogen-bond acceptors (Lipinski definition) is 4. The Hall–Kier alpha value is -2.67. The monoisotopic (exact) mass is 266 g/mol. The smallest absolute Gasteiger partial charge is 0.231 e. The molecule has 1 N–H and O–H groups in total. The molecule has 0 unspecified atom stereocenters. The summed E-state index contributed by atoms with van der Waals surface area (Å²) in [6.45, 7) is 2.30. The van der Waals surface area contributed by atoms with Crippen LogP contribution in [0.1, 0.15) is 24.1 Å². The number of nitrogens with one attached hydrogen (secondary N) is 1. The van der Waals surface area contributed by atoms with Crippen LogP contribution in [0.4, 0.5) is 5.69 Å². The summed E-state index contributed by atoms with van der Waals surface area (Å²) in [5.74, 6) is 1.50. The van der Waals surface area contributed by atoms with E-state index in [0.29, 0.717) is 5.56 Å². The van der Waals surface area contributed by atoms with Gasteiger partial charge in [0.2, 0.25) is 6.79 Å². The number of para-hydroxylation sites is 1. The van der Waals surface area contributed by atoms with Gasteiger partial charge < -0.3 is 14.8 Å². The van der Waals surface area contributed by atoms with Crippen molar-refractivity contribution in [1.29, 1.82) is 5.26 Å². The van der Waals surface area contributed by atoms with E-state index in [9.17, 15) is 0 Å². The minimum atomic E-state index is 0.0685. The maximum atomic E-state index is 8.95. The SMILES string of the molecule is C[C@@H](Nc1cccc2c1OCO2)c1cccc(C#N)c1. The molecule has 1 heterocycles. The molecule has 0 radical (unpaired) electrons. The molecule has 0 amide bonds. The molecule has 1 aliphatic heterocycles. The van der Waals surface area contributed by atoms with Gasteiger partial charge in [-0.2, -0.15) is 5.26 Å². The maximum Gasteiger partial charge on any atom is 0.231 e. The molecule has 4 heteroatoms. The Bertz CT molecular complexity index is 676. The van der Waals surface area contributed by atoms with E-state index in [1.165, 1.54) is 0 Å². The molecule has 20 heavy (non-hydrogen) atoms. The van der Waals surface area contributed by atoms with Crippen molar-refractivity contribution in [2.24, 2.45) is 0 Å². The van der Waals surface area contributed by atoms with E-state index in [2.05, 4.69) is 11.4 Å². The molecule has 1 aliphatic rings. The lowest BCUT2D eigenvalue weighted by Gasteiger charge is -2.17. The lowest BCUT2D eigenvalue weighted by atomic mass is 10.1. The van der Waals surface area contributed by atoms with Gasteiger partial charge in [-0.15, -0.1) is 0 Å². The fraction of sp³-hybridized carbons (Fsp3) is 0.188. The second-order valence-corrected chi connectivity index (χ2v) is 4.64. The van der Waals surface area contributed by atoms with Gasteiger partial charge in [-0.3, -0.25) is 0 Å². The van der Waals surface area contributed by atoms with E-state index in [1.54, 1.807) is 6.07 Å². The van der Waals surface area contributed by atoms with E-state index >= 15 is 0 Å². The van der Waals surface area contributed by atoms with Gasteiger partial charge in [0.15, 0.2) is 11.5 Å². The number of fused-ring (bicyclic) bond motifs is 1. The molecule has 0 bridgehead atoms. The van der Waals surface area contributed by atoms with Crippen LogP contribution < -0.4 is 14.8 Å². The lowest BCUT2D eigenvalue weighted by molar-refractivity contribution is 0.174. The van der Waals surface area contributed by atoms with Gasteiger partial charge in [0.05, 0.1) is 17.3 Å². The molecule has 0 fully saturated rings. The molecule has 0 aliphatic carbocycles. The first-order chi connectivity index (χ1) is 9.78. The molecule has 4 nitrogen and oxygen atoms in total. The molecule has 3 rings (SSSR count). The van der Waals surface area contributed by atoms with Crippen molar-refractivity contribution >= 4 is 5.69 Å². The third-order valence-corrected chi connectivity index (χ3v) is 3.28. The first-order valence-corrected chi connectivity index (χ1v) is 6.43. The number of anilines is 1. The zero-order valence-corrected chi connectivity index (χ0v) is 11.1. The van der Waals surface area contributed by atoms with Crippen LogP contribution in [0.5, 0.6) is 11.5 Å². The van der Waals surface area contributed by atoms with Crippen LogP contribution >= 0.6 is 0 Å². The predicted molar refractivity (Wildman–Crippen MR) is 75.8 cm³/mol. The summed E-state index contributed by atoms with van der Waals surface area (Å²) >= 11 is 0. The second-order valence-electron chi connectivity index (χ2n) is 4.64. The first kappa shape index (κ1) is 12.4. The highest BCUT2D eigenvalue weighted by Gasteiger charge is 2.18. The molecule has 1 atom stereocenters. The average molecular weight is 266 g/mol. The summed E-state index contributed by atoms with van der Waals surface area (Å²) < 4.78 is 10.8. The summed E-state index contributed by atoms with van der Waals surface area (Å²) in [5, 5.41) is 12.3. The summed E-state index contributed by atoms with van der Waals surface area (Å²) in [5.41, 5.74) is 2.62. The Balaban J connectivity index is 1.84. The number of hydrogen-bond donors (Lipinski definition) is 1. The van der Waals surface area contributed by atoms with Crippen molar-refractivity contribution < 1.29 is 9.47 Å². The largest absolute Gasteiger partial charge is 0.454 e. The van der Waals surface area contributed by atoms with E-state index < -0.39 is 0 Å². The van der Waals surface area contributed by atoms with Gasteiger partial charge in [-0.25, -0.2) is 0 Å². The highest BCUT2D eigenvalue weighted by atomic mass is 16.7. The minimum absolute atomic E-state index is 0.0685. The van der Waals surface area contributed by atoms with Crippen LogP contribution in [0.25, 0.3) is 0 Å². The highest BCUT2D eigenvalue weighted by molar-refractivity contribution is 5.64. The first-order valence-electron chi connectivity index (χ1n) is 6.43. The minimum Gasteiger partial charge on any atom is -0.454 e. The summed E-state index contributed by atoms with van der Waals surface area (Å²) in [7, 11) is 0. The molecular weight excluding hydrogens is 252 g/mol. The van der Waals surface area contributed by atoms with E-state index in [1.807, 2.05) is 43.3 Å². The molecule has 100 valence electrons. The Morgan fingerprint density at radius 2 is 2.05 bits per heavy atom. The van der Waals surface area contributed by atoms with Crippen LogP contribution in [-0.2, 0) is 0 Å². The standard InChI is InChI=1S/C16H14N2O2/c1-11(13-5-2-4-12(8-13)9-17)18-14-6-3-7-15-16(14)20-10-19-15/h2-8,11,18H,10H2,1H3/t11-/m1/s1. The fourth-order valence-corrected chi connectivity index (χ4v) is 2.24. The third kappa shape index (κ3) is 2.26. The normalized spacial score (nSPS) is 13.6. The highest BCUT2D eigenvalue weighted by Crippen LogP contribution is 2.40. The zero-order valence-electron chi connectivity index (χ0n) is 11.1. The molecular formula is C16H14N2O2. The van der Waals surface area contributed by atoms with Crippen molar-refractivity contribution in [3.63, 3.8) is 0 Å². The van der Waals surface area contributed by atoms with Gasteiger partial charge in [0.25, 0.3) is 0 Å². The van der Waals surface area contributed by atoms with E-state index in [0.717, 1.165) is 22.7 Å². The molecule has 0 aromatic heterocycles. The van der Waals surface area contributed by atoms with Crippen LogP contribution in [0.3, 0.4) is 0 Å². The Kier molecular flexibility index (Phi) is 3.18. The zero-order chi connectivity index (χ0) is 13.9. The van der Waals surface area contributed by atoms with Gasteiger partial charge in [0.1, 0.15) is 0 Å². The van der Waals surface area contributed by atoms with E-state index in [-0.39, 0.29) is 12.8 Å². The molecule has 0 saturated heterocycles. The fourth-order valence-electron chi connectivity index (χ4n) is 2.24. The Labute approximate surface area is 117 Å². The van der Waals surface area contributed by atoms with Crippen LogP contribution in [0.2, 0.25) is 0 Å². The number of ether oxygens (including phenoxy) is 2. The van der Waals surface area contributed by atoms with Crippen molar-refractivity contribution in [1.82, 2.24) is 0 Å². The topological polar surface area (TPSA) is 54.3 Å². The van der Waals surface area contributed by atoms with Crippen LogP contribution in [0, 0.1) is 11.3 Å². The summed E-state index contributed by atoms with van der Waals surface area (Å²) in [6, 6.07) is 15.6. The van der Waals surface area contributed by atoms with Crippen molar-refractivity contribution in [2.75, 3.05) is 12.1 Å². The number of nitrogens with zero attached hydrogens (tertiary/aromatic N) is 1. The molecule has 2 aromatic rings. The van der Waals surface area contributed by atoms with Crippen molar-refractivity contribution in [3.05, 3.63) is 53.6 Å². The van der Waals surface area contributed by atoms with E-state index in [4.69, 9.17) is 14.7 Å². The van der Waals surface area contributed by atoms with Crippen molar-refractivity contribution in [3.8, 4) is 17.6 Å². The van der Waals surface area contributed by atoms with Gasteiger partial charge in [-0.05, 0) is 36.8 Å². The summed E-state index contributed by atoms with van der Waals surface area (Å²) in [6.07, 6.45) is 0. The lowest BCUT2D eigenvalue weighted by Crippen LogP contribution is -2.07. The molecule has 0 saturated carbocycles. The van der Waals surface area contributed by atoms with Gasteiger partial charge in [-0.1, -0.05) is 18.2 Å². The van der Waals surface area contributed by atoms with Crippen LogP contribution in [-0.4, -0.2) is 6.79 Å². The molecule has 0 spiro atoms. The van der Waals surface area contributed by atoms with Crippen LogP contribution in [0.15, 0.2) is 42.5 Å². The number of benzene rings is 2. The maximum absolute atomic E-state index is 8.95. The van der Waals surface area contributed by atoms with Gasteiger partial charge in [0, 0.05) is 6.04 Å². The second kappa shape index (κ2) is 5.14. The number of rotatable bonds is 3. The predicted octanol–water partition coefficient (Wildman–Crippen LogP) is 3.46. The summed E-state index contributed by atoms with van der Waals surface area (Å²) in [4.78, 5) is 0. The third-order valence-electron chi connectivity index (χ3n) is 3.28. The quantitative estimate of drug-likeness (QED) is 0.924.